The van der Waals surface area contributed by atoms with Crippen molar-refractivity contribution >= 4 is 11.7 Å². The van der Waals surface area contributed by atoms with Gasteiger partial charge >= 0.3 is 0 Å². The monoisotopic (exact) mass is 312 g/mol. The molecule has 3 N–H and O–H groups in total. The minimum atomic E-state index is -0.398. The normalized spacial score (nSPS) is 20.1. The molecule has 0 bridgehead atoms. The number of fused-ring (bicyclic) bond motifs is 1. The first-order valence-electron chi connectivity index (χ1n) is 8.12. The van der Waals surface area contributed by atoms with Gasteiger partial charge in [0.25, 0.3) is 5.91 Å². The van der Waals surface area contributed by atoms with Gasteiger partial charge in [-0.1, -0.05) is 0 Å². The highest BCUT2D eigenvalue weighted by Crippen LogP contribution is 2.38. The number of aromatic nitrogens is 4. The average molecular weight is 312 g/mol. The van der Waals surface area contributed by atoms with E-state index in [1.807, 2.05) is 16.9 Å². The zero-order chi connectivity index (χ0) is 15.8. The molecule has 23 heavy (non-hydrogen) atoms. The molecule has 0 radical (unpaired) electrons. The van der Waals surface area contributed by atoms with Gasteiger partial charge in [-0.25, -0.2) is 9.97 Å². The highest BCUT2D eigenvalue weighted by molar-refractivity contribution is 5.93. The van der Waals surface area contributed by atoms with Crippen LogP contribution in [-0.2, 0) is 13.0 Å². The quantitative estimate of drug-likeness (QED) is 0.867. The van der Waals surface area contributed by atoms with Crippen LogP contribution in [0.4, 0.5) is 5.82 Å². The third-order valence-electron chi connectivity index (χ3n) is 4.63. The number of nitrogens with two attached hydrogens (primary N) is 1. The minimum Gasteiger partial charge on any atom is -0.370 e. The van der Waals surface area contributed by atoms with Gasteiger partial charge in [0.15, 0.2) is 0 Å². The number of primary amides is 1. The van der Waals surface area contributed by atoms with E-state index in [-0.39, 0.29) is 0 Å². The standard InChI is InChI=1S/C16H20N6O/c17-15(23)12-9-20-22-6-4-10(7-13(12)22)8-19-14-3-5-18-16(21-14)11-1-2-11/h3,5,9-11H,1-2,4,6-8H2,(H2,17,23)(H,18,19,21). The molecule has 1 aliphatic carbocycles. The number of hydrogen-bond donors (Lipinski definition) is 2. The Morgan fingerprint density at radius 1 is 1.39 bits per heavy atom. The fourth-order valence-electron chi connectivity index (χ4n) is 3.14. The first kappa shape index (κ1) is 14.2. The molecule has 120 valence electrons. The van der Waals surface area contributed by atoms with Crippen molar-refractivity contribution in [2.45, 2.75) is 38.1 Å². The molecule has 1 aliphatic heterocycles. The van der Waals surface area contributed by atoms with Crippen LogP contribution in [0.1, 0.15) is 47.1 Å². The fraction of sp³-hybridized carbons (Fsp3) is 0.500. The highest BCUT2D eigenvalue weighted by atomic mass is 16.1. The van der Waals surface area contributed by atoms with E-state index in [0.29, 0.717) is 17.4 Å². The van der Waals surface area contributed by atoms with E-state index in [9.17, 15) is 4.79 Å². The molecule has 1 fully saturated rings. The summed E-state index contributed by atoms with van der Waals surface area (Å²) in [5.41, 5.74) is 6.92. The van der Waals surface area contributed by atoms with Gasteiger partial charge in [-0.15, -0.1) is 0 Å². The third kappa shape index (κ3) is 2.91. The molecule has 2 aromatic rings. The zero-order valence-corrected chi connectivity index (χ0v) is 12.9. The van der Waals surface area contributed by atoms with Crippen molar-refractivity contribution in [3.8, 4) is 0 Å². The summed E-state index contributed by atoms with van der Waals surface area (Å²) in [6.07, 6.45) is 7.65. The van der Waals surface area contributed by atoms with E-state index < -0.39 is 5.91 Å². The van der Waals surface area contributed by atoms with Crippen LogP contribution in [-0.4, -0.2) is 32.2 Å². The van der Waals surface area contributed by atoms with Crippen molar-refractivity contribution in [1.82, 2.24) is 19.7 Å². The molecule has 1 saturated carbocycles. The van der Waals surface area contributed by atoms with Gasteiger partial charge in [0.05, 0.1) is 17.5 Å². The number of aryl methyl sites for hydroxylation is 1. The Balaban J connectivity index is 1.41. The largest absolute Gasteiger partial charge is 0.370 e. The van der Waals surface area contributed by atoms with E-state index in [0.717, 1.165) is 43.3 Å². The first-order valence-corrected chi connectivity index (χ1v) is 8.12. The lowest BCUT2D eigenvalue weighted by molar-refractivity contribution is 0.0998. The van der Waals surface area contributed by atoms with Crippen LogP contribution in [0.5, 0.6) is 0 Å². The van der Waals surface area contributed by atoms with Gasteiger partial charge in [-0.3, -0.25) is 9.48 Å². The zero-order valence-electron chi connectivity index (χ0n) is 12.9. The van der Waals surface area contributed by atoms with Crippen LogP contribution >= 0.6 is 0 Å². The second kappa shape index (κ2) is 5.64. The van der Waals surface area contributed by atoms with Crippen LogP contribution in [0.2, 0.25) is 0 Å². The summed E-state index contributed by atoms with van der Waals surface area (Å²) in [6.45, 7) is 1.65. The van der Waals surface area contributed by atoms with E-state index >= 15 is 0 Å². The number of rotatable bonds is 5. The molecule has 0 saturated heterocycles. The van der Waals surface area contributed by atoms with Gasteiger partial charge in [0.2, 0.25) is 0 Å². The second-order valence-electron chi connectivity index (χ2n) is 6.41. The molecule has 1 amide bonds. The Kier molecular flexibility index (Phi) is 3.48. The van der Waals surface area contributed by atoms with E-state index in [2.05, 4.69) is 20.4 Å². The first-order chi connectivity index (χ1) is 11.2. The molecular weight excluding hydrogens is 292 g/mol. The van der Waals surface area contributed by atoms with Gasteiger partial charge in [-0.05, 0) is 37.7 Å². The minimum absolute atomic E-state index is 0.398. The summed E-state index contributed by atoms with van der Waals surface area (Å²) in [5, 5.41) is 7.66. The Morgan fingerprint density at radius 3 is 3.04 bits per heavy atom. The Bertz CT molecular complexity index is 736. The van der Waals surface area contributed by atoms with Gasteiger partial charge in [-0.2, -0.15) is 5.10 Å². The maximum absolute atomic E-state index is 11.5. The van der Waals surface area contributed by atoms with E-state index in [1.165, 1.54) is 12.8 Å². The van der Waals surface area contributed by atoms with Crippen molar-refractivity contribution in [2.24, 2.45) is 11.7 Å². The third-order valence-corrected chi connectivity index (χ3v) is 4.63. The maximum Gasteiger partial charge on any atom is 0.252 e. The molecule has 1 atom stereocenters. The smallest absolute Gasteiger partial charge is 0.252 e. The Hall–Kier alpha value is -2.44. The molecule has 0 aromatic carbocycles. The summed E-state index contributed by atoms with van der Waals surface area (Å²) >= 11 is 0. The van der Waals surface area contributed by atoms with Gasteiger partial charge in [0.1, 0.15) is 11.6 Å². The number of hydrogen-bond acceptors (Lipinski definition) is 5. The van der Waals surface area contributed by atoms with Crippen LogP contribution in [0.3, 0.4) is 0 Å². The number of carbonyl (C=O) groups is 1. The van der Waals surface area contributed by atoms with Crippen LogP contribution < -0.4 is 11.1 Å². The molecule has 7 heteroatoms. The van der Waals surface area contributed by atoms with Crippen molar-refractivity contribution in [3.63, 3.8) is 0 Å². The number of anilines is 1. The van der Waals surface area contributed by atoms with Crippen molar-refractivity contribution < 1.29 is 4.79 Å². The molecule has 3 heterocycles. The summed E-state index contributed by atoms with van der Waals surface area (Å²) in [7, 11) is 0. The van der Waals surface area contributed by atoms with Crippen LogP contribution in [0.15, 0.2) is 18.5 Å². The summed E-state index contributed by atoms with van der Waals surface area (Å²) in [4.78, 5) is 20.4. The number of nitrogens with one attached hydrogen (secondary N) is 1. The van der Waals surface area contributed by atoms with E-state index in [4.69, 9.17) is 5.73 Å². The topological polar surface area (TPSA) is 98.7 Å². The Labute approximate surface area is 134 Å². The van der Waals surface area contributed by atoms with E-state index in [1.54, 1.807) is 6.20 Å². The molecular formula is C16H20N6O. The van der Waals surface area contributed by atoms with Crippen molar-refractivity contribution in [3.05, 3.63) is 35.5 Å². The average Bonchev–Trinajstić information content (AvgIpc) is 3.32. The second-order valence-corrected chi connectivity index (χ2v) is 6.41. The lowest BCUT2D eigenvalue weighted by Crippen LogP contribution is -2.27. The van der Waals surface area contributed by atoms with Crippen molar-refractivity contribution in [1.29, 1.82) is 0 Å². The predicted octanol–water partition coefficient (Wildman–Crippen LogP) is 1.32. The number of nitrogens with zero attached hydrogens (tertiary/aromatic N) is 4. The molecule has 4 rings (SSSR count). The van der Waals surface area contributed by atoms with Gasteiger partial charge < -0.3 is 11.1 Å². The van der Waals surface area contributed by atoms with Gasteiger partial charge in [0, 0.05) is 25.2 Å². The molecule has 2 aromatic heterocycles. The maximum atomic E-state index is 11.5. The van der Waals surface area contributed by atoms with Crippen LogP contribution in [0.25, 0.3) is 0 Å². The van der Waals surface area contributed by atoms with Crippen molar-refractivity contribution in [2.75, 3.05) is 11.9 Å². The molecule has 7 nitrogen and oxygen atoms in total. The highest BCUT2D eigenvalue weighted by Gasteiger charge is 2.27. The lowest BCUT2D eigenvalue weighted by Gasteiger charge is -2.24. The summed E-state index contributed by atoms with van der Waals surface area (Å²) < 4.78 is 1.90. The predicted molar refractivity (Wildman–Crippen MR) is 85.1 cm³/mol. The molecule has 0 spiro atoms. The SMILES string of the molecule is NC(=O)c1cnn2c1CC(CNc1ccnc(C3CC3)n1)CC2. The molecule has 1 unspecified atom stereocenters. The molecule has 2 aliphatic rings. The Morgan fingerprint density at radius 2 is 2.26 bits per heavy atom. The summed E-state index contributed by atoms with van der Waals surface area (Å²) in [6, 6.07) is 1.91. The summed E-state index contributed by atoms with van der Waals surface area (Å²) in [5.74, 6) is 2.43. The van der Waals surface area contributed by atoms with Crippen LogP contribution in [0, 0.1) is 5.92 Å². The lowest BCUT2D eigenvalue weighted by atomic mass is 9.94. The number of amides is 1. The fourth-order valence-corrected chi connectivity index (χ4v) is 3.14. The number of carbonyl (C=O) groups excluding carboxylic acids is 1.